The molecule has 0 fully saturated rings. The van der Waals surface area contributed by atoms with Crippen LogP contribution in [0.5, 0.6) is 11.5 Å². The minimum atomic E-state index is -0.611. The molecule has 2 aromatic carbocycles. The number of primary amides is 1. The highest BCUT2D eigenvalue weighted by molar-refractivity contribution is 8.93. The number of carbonyl (C=O) groups excluding carboxylic acids is 3. The molecule has 10 nitrogen and oxygen atoms in total. The van der Waals surface area contributed by atoms with Gasteiger partial charge in [0.15, 0.2) is 5.78 Å². The zero-order valence-electron chi connectivity index (χ0n) is 23.1. The summed E-state index contributed by atoms with van der Waals surface area (Å²) in [5.74, 6) is 0.634. The van der Waals surface area contributed by atoms with E-state index in [1.807, 2.05) is 40.7 Å². The number of ketones is 1. The maximum atomic E-state index is 13.6. The van der Waals surface area contributed by atoms with E-state index >= 15 is 0 Å². The second-order valence-electron chi connectivity index (χ2n) is 10.6. The molecule has 0 bridgehead atoms. The molecule has 0 saturated carbocycles. The highest BCUT2D eigenvalue weighted by Gasteiger charge is 2.34. The first-order valence-electron chi connectivity index (χ1n) is 12.7. The Balaban J connectivity index is 0.00000420. The summed E-state index contributed by atoms with van der Waals surface area (Å²) in [6.07, 6.45) is -0.248. The zero-order chi connectivity index (χ0) is 27.9. The smallest absolute Gasteiger partial charge is 0.319 e. The van der Waals surface area contributed by atoms with Gasteiger partial charge < -0.3 is 25.4 Å². The normalized spacial score (nSPS) is 16.1. The Kier molecular flexibility index (Phi) is 8.64. The van der Waals surface area contributed by atoms with Gasteiger partial charge in [0.05, 0.1) is 30.9 Å². The molecule has 0 saturated heterocycles. The van der Waals surface area contributed by atoms with E-state index in [4.69, 9.17) is 20.6 Å². The molecule has 0 aliphatic carbocycles. The molecular weight excluding hydrogens is 566 g/mol. The van der Waals surface area contributed by atoms with E-state index in [0.29, 0.717) is 47.0 Å². The Hall–Kier alpha value is -3.60. The number of fused-ring (bicyclic) bond motifs is 2. The van der Waals surface area contributed by atoms with E-state index in [1.54, 1.807) is 23.1 Å². The van der Waals surface area contributed by atoms with Crippen LogP contribution in [0.4, 0.5) is 10.5 Å². The van der Waals surface area contributed by atoms with Crippen LogP contribution in [0.3, 0.4) is 0 Å². The first-order chi connectivity index (χ1) is 17.8. The molecule has 3 amide bonds. The van der Waals surface area contributed by atoms with Crippen LogP contribution in [-0.4, -0.2) is 61.3 Å². The van der Waals surface area contributed by atoms with Gasteiger partial charge in [0.25, 0.3) is 5.91 Å². The van der Waals surface area contributed by atoms with Gasteiger partial charge in [-0.2, -0.15) is 0 Å². The standard InChI is InChI=1S/C28H35N5O5.BrH/c1-7-37-23-10-17-13-32(25(29)18(17)11-19(23)26(35)31-6)14-22(34)16-8-20(28(3,4)5)24-21(9-16)33(27(30)36)12-15(2)38-24;/h8-11,15,29H,7,12-14H2,1-6H3,(H2,30,36)(H,31,35);1H. The molecule has 210 valence electrons. The van der Waals surface area contributed by atoms with Crippen LogP contribution in [0.2, 0.25) is 0 Å². The van der Waals surface area contributed by atoms with Crippen LogP contribution >= 0.6 is 17.0 Å². The van der Waals surface area contributed by atoms with Crippen molar-refractivity contribution in [2.24, 2.45) is 5.73 Å². The fourth-order valence-corrected chi connectivity index (χ4v) is 4.87. The number of Topliss-reactive ketones (excluding diaryl/α,β-unsaturated/α-hetero) is 1. The quantitative estimate of drug-likeness (QED) is 0.428. The molecule has 1 unspecified atom stereocenters. The number of anilines is 1. The van der Waals surface area contributed by atoms with Gasteiger partial charge in [0.1, 0.15) is 23.4 Å². The molecule has 0 aromatic heterocycles. The molecular formula is C28H36BrN5O5. The van der Waals surface area contributed by atoms with Gasteiger partial charge in [-0.15, -0.1) is 17.0 Å². The summed E-state index contributed by atoms with van der Waals surface area (Å²) >= 11 is 0. The predicted molar refractivity (Wildman–Crippen MR) is 155 cm³/mol. The van der Waals surface area contributed by atoms with Crippen molar-refractivity contribution in [2.75, 3.05) is 31.6 Å². The third kappa shape index (κ3) is 5.73. The van der Waals surface area contributed by atoms with Crippen molar-refractivity contribution < 1.29 is 23.9 Å². The average molecular weight is 603 g/mol. The second kappa shape index (κ2) is 11.3. The third-order valence-corrected chi connectivity index (χ3v) is 6.76. The molecule has 11 heteroatoms. The van der Waals surface area contributed by atoms with E-state index < -0.39 is 6.03 Å². The second-order valence-corrected chi connectivity index (χ2v) is 10.6. The number of rotatable bonds is 6. The van der Waals surface area contributed by atoms with E-state index in [-0.39, 0.29) is 59.1 Å². The van der Waals surface area contributed by atoms with E-state index in [1.165, 1.54) is 11.9 Å². The van der Waals surface area contributed by atoms with Gasteiger partial charge in [-0.1, -0.05) is 20.8 Å². The Morgan fingerprint density at radius 1 is 1.21 bits per heavy atom. The van der Waals surface area contributed by atoms with Crippen molar-refractivity contribution in [1.29, 1.82) is 5.41 Å². The molecule has 4 rings (SSSR count). The number of urea groups is 1. The lowest BCUT2D eigenvalue weighted by Gasteiger charge is -2.36. The molecule has 2 aromatic rings. The number of nitrogens with zero attached hydrogens (tertiary/aromatic N) is 2. The summed E-state index contributed by atoms with van der Waals surface area (Å²) in [6.45, 7) is 10.7. The lowest BCUT2D eigenvalue weighted by Crippen LogP contribution is -2.45. The summed E-state index contributed by atoms with van der Waals surface area (Å²) < 4.78 is 11.8. The largest absolute Gasteiger partial charge is 0.493 e. The number of amidine groups is 1. The van der Waals surface area contributed by atoms with Crippen LogP contribution in [0.1, 0.15) is 72.0 Å². The maximum Gasteiger partial charge on any atom is 0.319 e. The van der Waals surface area contributed by atoms with Crippen LogP contribution in [0.15, 0.2) is 24.3 Å². The number of hydrogen-bond acceptors (Lipinski definition) is 6. The van der Waals surface area contributed by atoms with Crippen LogP contribution in [-0.2, 0) is 12.0 Å². The van der Waals surface area contributed by atoms with Gasteiger partial charge >= 0.3 is 6.03 Å². The molecule has 2 aliphatic rings. The number of ether oxygens (including phenoxy) is 2. The third-order valence-electron chi connectivity index (χ3n) is 6.76. The van der Waals surface area contributed by atoms with Crippen molar-refractivity contribution in [1.82, 2.24) is 10.2 Å². The fourth-order valence-electron chi connectivity index (χ4n) is 4.87. The van der Waals surface area contributed by atoms with Crippen molar-refractivity contribution >= 4 is 46.2 Å². The lowest BCUT2D eigenvalue weighted by molar-refractivity contribution is 0.0953. The van der Waals surface area contributed by atoms with Gasteiger partial charge in [0, 0.05) is 30.3 Å². The van der Waals surface area contributed by atoms with Crippen molar-refractivity contribution in [2.45, 2.75) is 52.7 Å². The highest BCUT2D eigenvalue weighted by Crippen LogP contribution is 2.43. The number of nitrogens with one attached hydrogen (secondary N) is 2. The molecule has 0 spiro atoms. The highest BCUT2D eigenvalue weighted by atomic mass is 79.9. The molecule has 4 N–H and O–H groups in total. The van der Waals surface area contributed by atoms with Gasteiger partial charge in [-0.3, -0.25) is 19.9 Å². The first-order valence-corrected chi connectivity index (χ1v) is 12.7. The van der Waals surface area contributed by atoms with E-state index in [9.17, 15) is 14.4 Å². The zero-order valence-corrected chi connectivity index (χ0v) is 24.8. The average Bonchev–Trinajstić information content (AvgIpc) is 3.15. The van der Waals surface area contributed by atoms with Gasteiger partial charge in [0.2, 0.25) is 0 Å². The van der Waals surface area contributed by atoms with Gasteiger partial charge in [-0.25, -0.2) is 4.79 Å². The molecule has 2 heterocycles. The molecule has 0 radical (unpaired) electrons. The Bertz CT molecular complexity index is 1340. The molecule has 39 heavy (non-hydrogen) atoms. The lowest BCUT2D eigenvalue weighted by atomic mass is 9.84. The van der Waals surface area contributed by atoms with E-state index in [0.717, 1.165) is 11.1 Å². The van der Waals surface area contributed by atoms with Crippen molar-refractivity contribution in [3.63, 3.8) is 0 Å². The van der Waals surface area contributed by atoms with Crippen LogP contribution in [0, 0.1) is 5.41 Å². The first kappa shape index (κ1) is 29.9. The van der Waals surface area contributed by atoms with Crippen LogP contribution < -0.4 is 25.4 Å². The van der Waals surface area contributed by atoms with Crippen LogP contribution in [0.25, 0.3) is 0 Å². The summed E-state index contributed by atoms with van der Waals surface area (Å²) in [5.41, 5.74) is 8.72. The Morgan fingerprint density at radius 2 is 1.90 bits per heavy atom. The SMILES string of the molecule is Br.CCOc1cc2c(cc1C(=O)NC)C(=N)N(CC(=O)c1cc3c(c(C(C)(C)C)c1)OC(C)CN3C(N)=O)C2. The summed E-state index contributed by atoms with van der Waals surface area (Å²) in [5, 5.41) is 11.3. The van der Waals surface area contributed by atoms with Crippen molar-refractivity contribution in [3.05, 3.63) is 52.1 Å². The van der Waals surface area contributed by atoms with Crippen molar-refractivity contribution in [3.8, 4) is 11.5 Å². The summed E-state index contributed by atoms with van der Waals surface area (Å²) in [7, 11) is 1.54. The summed E-state index contributed by atoms with van der Waals surface area (Å²) in [6, 6.07) is 6.25. The number of hydrogen-bond donors (Lipinski definition) is 3. The maximum absolute atomic E-state index is 13.6. The number of halogens is 1. The monoisotopic (exact) mass is 601 g/mol. The number of amides is 3. The minimum Gasteiger partial charge on any atom is -0.493 e. The van der Waals surface area contributed by atoms with Gasteiger partial charge in [-0.05, 0) is 49.1 Å². The summed E-state index contributed by atoms with van der Waals surface area (Å²) in [4.78, 5) is 41.4. The van der Waals surface area contributed by atoms with E-state index in [2.05, 4.69) is 5.32 Å². The fraction of sp³-hybridized carbons (Fsp3) is 0.429. The number of benzene rings is 2. The molecule has 2 aliphatic heterocycles. The molecule has 1 atom stereocenters. The number of nitrogens with two attached hydrogens (primary N) is 1. The Labute approximate surface area is 239 Å². The Morgan fingerprint density at radius 3 is 2.49 bits per heavy atom. The number of carbonyl (C=O) groups is 3. The topological polar surface area (TPSA) is 138 Å². The minimum absolute atomic E-state index is 0. The predicted octanol–water partition coefficient (Wildman–Crippen LogP) is 4.01.